The number of nitrogen functional groups attached to an aromatic ring is 1. The number of anilines is 1. The first kappa shape index (κ1) is 16.3. The van der Waals surface area contributed by atoms with Gasteiger partial charge in [-0.1, -0.05) is 42.5 Å². The van der Waals surface area contributed by atoms with Crippen molar-refractivity contribution in [2.24, 2.45) is 0 Å². The highest BCUT2D eigenvalue weighted by atomic mass is 32.1. The molecule has 0 aliphatic carbocycles. The number of likely N-dealkylation sites (tertiary alicyclic amines) is 1. The van der Waals surface area contributed by atoms with E-state index in [-0.39, 0.29) is 16.4 Å². The zero-order valence-electron chi connectivity index (χ0n) is 12.8. The van der Waals surface area contributed by atoms with Gasteiger partial charge in [-0.05, 0) is 5.56 Å². The van der Waals surface area contributed by atoms with Crippen LogP contribution in [-0.2, 0) is 4.79 Å². The zero-order chi connectivity index (χ0) is 17.3. The Morgan fingerprint density at radius 3 is 2.67 bits per heavy atom. The average molecular weight is 343 g/mol. The molecule has 1 aromatic heterocycles. The topological polar surface area (TPSA) is 108 Å². The summed E-state index contributed by atoms with van der Waals surface area (Å²) in [4.78, 5) is 18.6. The number of hydrogen-bond acceptors (Lipinski definition) is 6. The van der Waals surface area contributed by atoms with E-state index in [1.165, 1.54) is 6.33 Å². The molecule has 0 radical (unpaired) electrons. The van der Waals surface area contributed by atoms with Crippen LogP contribution in [0.1, 0.15) is 17.2 Å². The van der Waals surface area contributed by atoms with Crippen LogP contribution in [0.4, 0.5) is 5.82 Å². The van der Waals surface area contributed by atoms with Crippen molar-refractivity contribution >= 4 is 30.2 Å². The van der Waals surface area contributed by atoms with Crippen molar-refractivity contribution in [3.63, 3.8) is 0 Å². The summed E-state index contributed by atoms with van der Waals surface area (Å²) >= 11 is 5.41. The first-order chi connectivity index (χ1) is 11.5. The van der Waals surface area contributed by atoms with Crippen LogP contribution in [0.3, 0.4) is 0 Å². The fourth-order valence-corrected chi connectivity index (χ4v) is 3.00. The standard InChI is InChI=1S/C16H17N5O2S/c17-6-12-14(18)19-9-21(16(12)24)13(10-4-2-1-3-5-10)15(23)20-7-11(22)8-20/h1-6,9,11,13,17,22H,7-8,18H2. The number of β-amino-alcohol motifs (C(OH)–C–C–N with tert-alkyl or cyclic N) is 1. The molecule has 2 aromatic rings. The lowest BCUT2D eigenvalue weighted by Crippen LogP contribution is -2.55. The van der Waals surface area contributed by atoms with Crippen molar-refractivity contribution in [3.05, 3.63) is 52.4 Å². The monoisotopic (exact) mass is 343 g/mol. The molecule has 4 N–H and O–H groups in total. The van der Waals surface area contributed by atoms with E-state index in [4.69, 9.17) is 23.4 Å². The third-order valence-electron chi connectivity index (χ3n) is 4.01. The molecule has 3 rings (SSSR count). The molecule has 2 heterocycles. The van der Waals surface area contributed by atoms with Gasteiger partial charge in [-0.3, -0.25) is 4.79 Å². The predicted molar refractivity (Wildman–Crippen MR) is 92.5 cm³/mol. The van der Waals surface area contributed by atoms with Gasteiger partial charge in [0, 0.05) is 19.3 Å². The molecule has 7 nitrogen and oxygen atoms in total. The smallest absolute Gasteiger partial charge is 0.250 e. The Bertz CT molecular complexity index is 830. The fraction of sp³-hybridized carbons (Fsp3) is 0.250. The highest BCUT2D eigenvalue weighted by Crippen LogP contribution is 2.25. The molecule has 1 aliphatic rings. The maximum Gasteiger partial charge on any atom is 0.250 e. The minimum Gasteiger partial charge on any atom is -0.389 e. The van der Waals surface area contributed by atoms with Crippen LogP contribution in [0.5, 0.6) is 0 Å². The van der Waals surface area contributed by atoms with E-state index in [9.17, 15) is 9.90 Å². The molecule has 0 saturated carbocycles. The van der Waals surface area contributed by atoms with Crippen LogP contribution >= 0.6 is 12.2 Å². The van der Waals surface area contributed by atoms with Crippen molar-refractivity contribution in [2.75, 3.05) is 18.8 Å². The molecule has 1 atom stereocenters. The summed E-state index contributed by atoms with van der Waals surface area (Å²) in [5, 5.41) is 17.0. The SMILES string of the molecule is N=Cc1c(N)ncn(C(C(=O)N2CC(O)C2)c2ccccc2)c1=S. The van der Waals surface area contributed by atoms with E-state index in [1.807, 2.05) is 30.3 Å². The Kier molecular flexibility index (Phi) is 4.41. The fourth-order valence-electron chi connectivity index (χ4n) is 2.68. The number of hydrogen-bond donors (Lipinski definition) is 3. The van der Waals surface area contributed by atoms with Crippen LogP contribution in [0, 0.1) is 10.0 Å². The molecule has 1 amide bonds. The first-order valence-electron chi connectivity index (χ1n) is 7.41. The Hall–Kier alpha value is -2.58. The van der Waals surface area contributed by atoms with Crippen LogP contribution in [0.15, 0.2) is 36.7 Å². The number of aliphatic hydroxyl groups excluding tert-OH is 1. The van der Waals surface area contributed by atoms with Crippen molar-refractivity contribution < 1.29 is 9.90 Å². The number of amides is 1. The van der Waals surface area contributed by atoms with Crippen LogP contribution in [0.25, 0.3) is 0 Å². The molecule has 1 saturated heterocycles. The highest BCUT2D eigenvalue weighted by molar-refractivity contribution is 7.71. The van der Waals surface area contributed by atoms with Gasteiger partial charge in [0.05, 0.1) is 18.0 Å². The maximum absolute atomic E-state index is 12.9. The first-order valence-corrected chi connectivity index (χ1v) is 7.82. The van der Waals surface area contributed by atoms with Gasteiger partial charge >= 0.3 is 0 Å². The molecule has 1 aromatic carbocycles. The second-order valence-corrected chi connectivity index (χ2v) is 6.00. The normalized spacial score (nSPS) is 15.6. The van der Waals surface area contributed by atoms with Gasteiger partial charge in [-0.15, -0.1) is 0 Å². The Labute approximate surface area is 143 Å². The number of nitrogens with two attached hydrogens (primary N) is 1. The van der Waals surface area contributed by atoms with E-state index in [1.54, 1.807) is 9.47 Å². The minimum absolute atomic E-state index is 0.157. The van der Waals surface area contributed by atoms with E-state index >= 15 is 0 Å². The maximum atomic E-state index is 12.9. The van der Waals surface area contributed by atoms with Crippen LogP contribution < -0.4 is 5.73 Å². The summed E-state index contributed by atoms with van der Waals surface area (Å²) in [5.41, 5.74) is 6.82. The summed E-state index contributed by atoms with van der Waals surface area (Å²) in [5.74, 6) is -0.0185. The van der Waals surface area contributed by atoms with Gasteiger partial charge in [0.25, 0.3) is 5.91 Å². The van der Waals surface area contributed by atoms with Crippen molar-refractivity contribution in [2.45, 2.75) is 12.1 Å². The molecular weight excluding hydrogens is 326 g/mol. The summed E-state index contributed by atoms with van der Waals surface area (Å²) in [7, 11) is 0. The van der Waals surface area contributed by atoms with Gasteiger partial charge in [-0.25, -0.2) is 4.98 Å². The van der Waals surface area contributed by atoms with E-state index in [2.05, 4.69) is 4.98 Å². The molecule has 8 heteroatoms. The zero-order valence-corrected chi connectivity index (χ0v) is 13.6. The molecule has 24 heavy (non-hydrogen) atoms. The lowest BCUT2D eigenvalue weighted by atomic mass is 10.0. The number of aliphatic hydroxyl groups is 1. The quantitative estimate of drug-likeness (QED) is 0.567. The third kappa shape index (κ3) is 2.81. The van der Waals surface area contributed by atoms with Crippen molar-refractivity contribution in [3.8, 4) is 0 Å². The molecule has 1 unspecified atom stereocenters. The number of aromatic nitrogens is 2. The molecule has 124 valence electrons. The number of carbonyl (C=O) groups is 1. The van der Waals surface area contributed by atoms with Gasteiger partial charge in [-0.2, -0.15) is 0 Å². The van der Waals surface area contributed by atoms with Crippen LogP contribution in [0.2, 0.25) is 0 Å². The lowest BCUT2D eigenvalue weighted by Gasteiger charge is -2.38. The third-order valence-corrected chi connectivity index (χ3v) is 4.44. The van der Waals surface area contributed by atoms with Crippen LogP contribution in [-0.4, -0.2) is 50.9 Å². The summed E-state index contributed by atoms with van der Waals surface area (Å²) in [6.07, 6.45) is 1.98. The number of rotatable bonds is 4. The Morgan fingerprint density at radius 1 is 1.42 bits per heavy atom. The molecule has 1 aliphatic heterocycles. The van der Waals surface area contributed by atoms with Crippen molar-refractivity contribution in [1.29, 1.82) is 5.41 Å². The molecule has 0 spiro atoms. The van der Waals surface area contributed by atoms with Gasteiger partial charge < -0.3 is 25.7 Å². The summed E-state index contributed by atoms with van der Waals surface area (Å²) in [6.45, 7) is 0.602. The van der Waals surface area contributed by atoms with E-state index < -0.39 is 12.1 Å². The van der Waals surface area contributed by atoms with Gasteiger partial charge in [0.1, 0.15) is 16.5 Å². The number of benzene rings is 1. The molecule has 0 bridgehead atoms. The second kappa shape index (κ2) is 6.50. The predicted octanol–water partition coefficient (Wildman–Crippen LogP) is 0.985. The largest absolute Gasteiger partial charge is 0.389 e. The van der Waals surface area contributed by atoms with E-state index in [0.717, 1.165) is 11.8 Å². The minimum atomic E-state index is -0.710. The summed E-state index contributed by atoms with van der Waals surface area (Å²) in [6, 6.07) is 8.50. The Morgan fingerprint density at radius 2 is 2.08 bits per heavy atom. The van der Waals surface area contributed by atoms with E-state index in [0.29, 0.717) is 18.7 Å². The van der Waals surface area contributed by atoms with Gasteiger partial charge in [0.15, 0.2) is 0 Å². The lowest BCUT2D eigenvalue weighted by molar-refractivity contribution is -0.143. The van der Waals surface area contributed by atoms with Gasteiger partial charge in [0.2, 0.25) is 0 Å². The highest BCUT2D eigenvalue weighted by Gasteiger charge is 2.35. The molecular formula is C16H17N5O2S. The number of carbonyl (C=O) groups excluding carboxylic acids is 1. The Balaban J connectivity index is 2.11. The number of nitrogens with zero attached hydrogens (tertiary/aromatic N) is 3. The number of nitrogens with one attached hydrogen (secondary N) is 1. The average Bonchev–Trinajstić information content (AvgIpc) is 2.55. The second-order valence-electron chi connectivity index (χ2n) is 5.61. The molecule has 1 fully saturated rings. The summed E-state index contributed by atoms with van der Waals surface area (Å²) < 4.78 is 1.83. The van der Waals surface area contributed by atoms with Crippen molar-refractivity contribution in [1.82, 2.24) is 14.5 Å².